The van der Waals surface area contributed by atoms with Crippen LogP contribution < -0.4 is 10.5 Å². The summed E-state index contributed by atoms with van der Waals surface area (Å²) in [6.07, 6.45) is 0. The topological polar surface area (TPSA) is 63.9 Å². The maximum Gasteiger partial charge on any atom is 0.131 e. The second kappa shape index (κ2) is 4.32. The molecule has 0 aliphatic heterocycles. The number of nitrogens with zero attached hydrogens (tertiary/aromatic N) is 1. The average molecular weight is 221 g/mol. The van der Waals surface area contributed by atoms with Gasteiger partial charge in [0.2, 0.25) is 0 Å². The standard InChI is InChI=1S/C11H12FN3O/c1-16-11-4-7(12)2-3-9(11)10-5-8(6-13)14-15-10/h2-5H,6,13H2,1H3,(H,14,15). The molecule has 16 heavy (non-hydrogen) atoms. The van der Waals surface area contributed by atoms with Gasteiger partial charge in [-0.1, -0.05) is 0 Å². The van der Waals surface area contributed by atoms with Crippen LogP contribution >= 0.6 is 0 Å². The second-order valence-corrected chi connectivity index (χ2v) is 3.33. The van der Waals surface area contributed by atoms with Gasteiger partial charge in [-0.25, -0.2) is 4.39 Å². The van der Waals surface area contributed by atoms with Crippen LogP contribution in [0.3, 0.4) is 0 Å². The van der Waals surface area contributed by atoms with Gasteiger partial charge in [-0.2, -0.15) is 5.10 Å². The lowest BCUT2D eigenvalue weighted by Gasteiger charge is -2.05. The van der Waals surface area contributed by atoms with Gasteiger partial charge in [0.15, 0.2) is 0 Å². The minimum absolute atomic E-state index is 0.338. The molecule has 1 aromatic carbocycles. The van der Waals surface area contributed by atoms with E-state index in [1.54, 1.807) is 6.07 Å². The lowest BCUT2D eigenvalue weighted by Crippen LogP contribution is -1.95. The summed E-state index contributed by atoms with van der Waals surface area (Å²) in [6, 6.07) is 6.14. The Balaban J connectivity index is 2.46. The predicted molar refractivity (Wildman–Crippen MR) is 58.4 cm³/mol. The minimum atomic E-state index is -0.338. The van der Waals surface area contributed by atoms with Gasteiger partial charge in [0, 0.05) is 23.9 Å². The van der Waals surface area contributed by atoms with Gasteiger partial charge in [-0.3, -0.25) is 5.10 Å². The quantitative estimate of drug-likeness (QED) is 0.828. The van der Waals surface area contributed by atoms with E-state index >= 15 is 0 Å². The number of benzene rings is 1. The number of nitrogens with one attached hydrogen (secondary N) is 1. The Hall–Kier alpha value is -1.88. The highest BCUT2D eigenvalue weighted by Gasteiger charge is 2.10. The van der Waals surface area contributed by atoms with Gasteiger partial charge in [-0.15, -0.1) is 0 Å². The molecule has 0 spiro atoms. The van der Waals surface area contributed by atoms with Crippen LogP contribution in [-0.2, 0) is 6.54 Å². The summed E-state index contributed by atoms with van der Waals surface area (Å²) < 4.78 is 18.1. The Labute approximate surface area is 92.2 Å². The van der Waals surface area contributed by atoms with Crippen molar-refractivity contribution in [2.45, 2.75) is 6.54 Å². The molecule has 0 amide bonds. The number of methoxy groups -OCH3 is 1. The molecule has 1 aromatic heterocycles. The summed E-state index contributed by atoms with van der Waals surface area (Å²) in [5.74, 6) is 0.116. The first-order chi connectivity index (χ1) is 7.74. The lowest BCUT2D eigenvalue weighted by molar-refractivity contribution is 0.413. The van der Waals surface area contributed by atoms with Crippen LogP contribution in [0.15, 0.2) is 24.3 Å². The van der Waals surface area contributed by atoms with E-state index in [-0.39, 0.29) is 5.82 Å². The first-order valence-electron chi connectivity index (χ1n) is 4.83. The molecule has 2 aromatic rings. The highest BCUT2D eigenvalue weighted by Crippen LogP contribution is 2.29. The zero-order valence-electron chi connectivity index (χ0n) is 8.83. The van der Waals surface area contributed by atoms with Crippen molar-refractivity contribution in [3.05, 3.63) is 35.8 Å². The van der Waals surface area contributed by atoms with Crippen LogP contribution in [-0.4, -0.2) is 17.3 Å². The monoisotopic (exact) mass is 221 g/mol. The first-order valence-corrected chi connectivity index (χ1v) is 4.83. The summed E-state index contributed by atoms with van der Waals surface area (Å²) in [6.45, 7) is 0.385. The Morgan fingerprint density at radius 1 is 1.44 bits per heavy atom. The minimum Gasteiger partial charge on any atom is -0.496 e. The third-order valence-electron chi connectivity index (χ3n) is 2.29. The van der Waals surface area contributed by atoms with Gasteiger partial charge in [0.25, 0.3) is 0 Å². The highest BCUT2D eigenvalue weighted by atomic mass is 19.1. The summed E-state index contributed by atoms with van der Waals surface area (Å²) in [4.78, 5) is 0. The van der Waals surface area contributed by atoms with Crippen molar-refractivity contribution in [2.24, 2.45) is 5.73 Å². The number of ether oxygens (including phenoxy) is 1. The molecule has 1 heterocycles. The third-order valence-corrected chi connectivity index (χ3v) is 2.29. The van der Waals surface area contributed by atoms with Crippen molar-refractivity contribution in [2.75, 3.05) is 7.11 Å². The summed E-state index contributed by atoms with van der Waals surface area (Å²) in [5, 5.41) is 6.88. The number of H-pyrrole nitrogens is 1. The van der Waals surface area contributed by atoms with Gasteiger partial charge in [0.05, 0.1) is 12.8 Å². The molecule has 0 atom stereocenters. The van der Waals surface area contributed by atoms with E-state index < -0.39 is 0 Å². The number of aromatic nitrogens is 2. The Kier molecular flexibility index (Phi) is 2.87. The van der Waals surface area contributed by atoms with E-state index in [2.05, 4.69) is 10.2 Å². The zero-order chi connectivity index (χ0) is 11.5. The van der Waals surface area contributed by atoms with E-state index in [1.807, 2.05) is 6.07 Å². The van der Waals surface area contributed by atoms with Crippen molar-refractivity contribution in [1.82, 2.24) is 10.2 Å². The first kappa shape index (κ1) is 10.6. The van der Waals surface area contributed by atoms with Gasteiger partial charge < -0.3 is 10.5 Å². The van der Waals surface area contributed by atoms with Crippen LogP contribution in [0.2, 0.25) is 0 Å². The maximum absolute atomic E-state index is 13.0. The Bertz CT molecular complexity index is 496. The molecular formula is C11H12FN3O. The average Bonchev–Trinajstić information content (AvgIpc) is 2.77. The van der Waals surface area contributed by atoms with Crippen LogP contribution in [0.4, 0.5) is 4.39 Å². The number of aromatic amines is 1. The molecule has 0 saturated heterocycles. The fourth-order valence-corrected chi connectivity index (χ4v) is 1.48. The molecule has 0 unspecified atom stereocenters. The molecule has 5 heteroatoms. The molecule has 2 rings (SSSR count). The Morgan fingerprint density at radius 2 is 2.25 bits per heavy atom. The molecule has 0 aliphatic rings. The van der Waals surface area contributed by atoms with E-state index in [0.29, 0.717) is 18.0 Å². The normalized spacial score (nSPS) is 10.4. The lowest BCUT2D eigenvalue weighted by atomic mass is 10.1. The van der Waals surface area contributed by atoms with Crippen LogP contribution in [0.1, 0.15) is 5.69 Å². The van der Waals surface area contributed by atoms with Gasteiger partial charge >= 0.3 is 0 Å². The van der Waals surface area contributed by atoms with Crippen LogP contribution in [0.5, 0.6) is 5.75 Å². The van der Waals surface area contributed by atoms with Gasteiger partial charge in [-0.05, 0) is 18.2 Å². The second-order valence-electron chi connectivity index (χ2n) is 3.33. The molecule has 0 radical (unpaired) electrons. The Morgan fingerprint density at radius 3 is 2.88 bits per heavy atom. The highest BCUT2D eigenvalue weighted by molar-refractivity contribution is 5.67. The number of hydrogen-bond acceptors (Lipinski definition) is 3. The smallest absolute Gasteiger partial charge is 0.131 e. The van der Waals surface area contributed by atoms with E-state index in [0.717, 1.165) is 11.3 Å². The number of halogens is 1. The van der Waals surface area contributed by atoms with Crippen molar-refractivity contribution in [3.8, 4) is 17.0 Å². The predicted octanol–water partition coefficient (Wildman–Crippen LogP) is 1.68. The van der Waals surface area contributed by atoms with Crippen molar-refractivity contribution < 1.29 is 9.13 Å². The maximum atomic E-state index is 13.0. The molecular weight excluding hydrogens is 209 g/mol. The largest absolute Gasteiger partial charge is 0.496 e. The molecule has 0 aliphatic carbocycles. The van der Waals surface area contributed by atoms with Gasteiger partial charge in [0.1, 0.15) is 11.6 Å². The molecule has 0 bridgehead atoms. The fraction of sp³-hybridized carbons (Fsp3) is 0.182. The number of nitrogens with two attached hydrogens (primary N) is 1. The van der Waals surface area contributed by atoms with E-state index in [1.165, 1.54) is 19.2 Å². The van der Waals surface area contributed by atoms with Crippen molar-refractivity contribution >= 4 is 0 Å². The third kappa shape index (κ3) is 1.90. The molecule has 0 fully saturated rings. The molecule has 84 valence electrons. The van der Waals surface area contributed by atoms with E-state index in [4.69, 9.17) is 10.5 Å². The summed E-state index contributed by atoms with van der Waals surface area (Å²) in [5.41, 5.74) is 7.72. The molecule has 4 nitrogen and oxygen atoms in total. The van der Waals surface area contributed by atoms with Crippen molar-refractivity contribution in [3.63, 3.8) is 0 Å². The van der Waals surface area contributed by atoms with Crippen molar-refractivity contribution in [1.29, 1.82) is 0 Å². The van der Waals surface area contributed by atoms with Crippen LogP contribution in [0, 0.1) is 5.82 Å². The number of hydrogen-bond donors (Lipinski definition) is 2. The molecule has 3 N–H and O–H groups in total. The fourth-order valence-electron chi connectivity index (χ4n) is 1.48. The summed E-state index contributed by atoms with van der Waals surface area (Å²) >= 11 is 0. The van der Waals surface area contributed by atoms with E-state index in [9.17, 15) is 4.39 Å². The molecule has 0 saturated carbocycles. The SMILES string of the molecule is COc1cc(F)ccc1-c1cc(CN)[nH]n1. The summed E-state index contributed by atoms with van der Waals surface area (Å²) in [7, 11) is 1.49. The van der Waals surface area contributed by atoms with Crippen LogP contribution in [0.25, 0.3) is 11.3 Å². The zero-order valence-corrected chi connectivity index (χ0v) is 8.83. The number of rotatable bonds is 3.